The Bertz CT molecular complexity index is 168. The highest BCUT2D eigenvalue weighted by Gasteiger charge is 2.13. The number of hydrogen-bond donors (Lipinski definition) is 2. The Kier molecular flexibility index (Phi) is 6.30. The third kappa shape index (κ3) is 6.39. The monoisotopic (exact) mass is 189 g/mol. The summed E-state index contributed by atoms with van der Waals surface area (Å²) in [5, 5.41) is 17.3. The smallest absolute Gasteiger partial charge is 0.230 e. The Balaban J connectivity index is 3.71. The van der Waals surface area contributed by atoms with Crippen LogP contribution in [0.15, 0.2) is 0 Å². The number of Topliss-reactive ketones (excluding diaryl/α,β-unsaturated/α-hetero) is 1. The normalized spacial score (nSPS) is 15.0. The van der Waals surface area contributed by atoms with E-state index >= 15 is 0 Å². The topological polar surface area (TPSA) is 83.8 Å². The van der Waals surface area contributed by atoms with Crippen molar-refractivity contribution in [3.05, 3.63) is 0 Å². The van der Waals surface area contributed by atoms with Crippen LogP contribution < -0.4 is 0 Å². The Morgan fingerprint density at radius 2 is 2.23 bits per heavy atom. The first kappa shape index (κ1) is 12.2. The van der Waals surface area contributed by atoms with Crippen LogP contribution in [-0.4, -0.2) is 47.7 Å². The van der Waals surface area contributed by atoms with Crippen LogP contribution in [0.1, 0.15) is 13.3 Å². The quantitative estimate of drug-likeness (QED) is 0.526. The number of hydrogen-bond acceptors (Lipinski definition) is 5. The van der Waals surface area contributed by atoms with Crippen LogP contribution in [0, 0.1) is 0 Å². The fourth-order valence-electron chi connectivity index (χ4n) is 0.676. The molecule has 13 heavy (non-hydrogen) atoms. The Morgan fingerprint density at radius 3 is 2.62 bits per heavy atom. The standard InChI is InChI=1S/C8H13O5/c1-6(11)2-8(4-10)13-5-7(12)3-9/h7-9,12H,2-3,5H2,1H3. The van der Waals surface area contributed by atoms with Gasteiger partial charge in [0.25, 0.3) is 0 Å². The zero-order valence-electron chi connectivity index (χ0n) is 7.40. The van der Waals surface area contributed by atoms with Crippen molar-refractivity contribution in [2.24, 2.45) is 0 Å². The molecule has 0 aliphatic rings. The van der Waals surface area contributed by atoms with E-state index < -0.39 is 18.8 Å². The predicted molar refractivity (Wildman–Crippen MR) is 43.8 cm³/mol. The average molecular weight is 189 g/mol. The molecule has 0 heterocycles. The molecule has 0 spiro atoms. The van der Waals surface area contributed by atoms with Crippen LogP contribution in [0.4, 0.5) is 0 Å². The third-order valence-corrected chi connectivity index (χ3v) is 1.30. The molecule has 5 nitrogen and oxygen atoms in total. The predicted octanol–water partition coefficient (Wildman–Crippen LogP) is -1.19. The lowest BCUT2D eigenvalue weighted by molar-refractivity contribution is -0.119. The van der Waals surface area contributed by atoms with Crippen molar-refractivity contribution in [3.8, 4) is 0 Å². The van der Waals surface area contributed by atoms with Crippen LogP contribution in [0.3, 0.4) is 0 Å². The van der Waals surface area contributed by atoms with E-state index in [4.69, 9.17) is 14.9 Å². The summed E-state index contributed by atoms with van der Waals surface area (Å²) in [5.74, 6) is -0.188. The molecule has 0 fully saturated rings. The van der Waals surface area contributed by atoms with Gasteiger partial charge in [-0.3, -0.25) is 9.59 Å². The number of carbonyl (C=O) groups is 1. The van der Waals surface area contributed by atoms with Crippen molar-refractivity contribution in [2.75, 3.05) is 13.2 Å². The first-order valence-electron chi connectivity index (χ1n) is 3.87. The number of carbonyl (C=O) groups excluding carboxylic acids is 2. The van der Waals surface area contributed by atoms with Crippen molar-refractivity contribution in [1.29, 1.82) is 0 Å². The SMILES string of the molecule is CC(=O)CC([C]=O)OCC(O)CO. The number of rotatable bonds is 7. The lowest BCUT2D eigenvalue weighted by Gasteiger charge is -2.11. The van der Waals surface area contributed by atoms with Crippen molar-refractivity contribution in [1.82, 2.24) is 0 Å². The average Bonchev–Trinajstić information content (AvgIpc) is 2.10. The molecule has 0 aromatic heterocycles. The number of aliphatic hydroxyl groups is 2. The lowest BCUT2D eigenvalue weighted by Crippen LogP contribution is -2.26. The van der Waals surface area contributed by atoms with E-state index in [1.165, 1.54) is 13.2 Å². The second-order valence-electron chi connectivity index (χ2n) is 2.68. The van der Waals surface area contributed by atoms with Gasteiger partial charge in [0.05, 0.1) is 13.2 Å². The Labute approximate surface area is 76.3 Å². The molecule has 0 saturated heterocycles. The van der Waals surface area contributed by atoms with Crippen molar-refractivity contribution in [3.63, 3.8) is 0 Å². The molecule has 0 aliphatic carbocycles. The van der Waals surface area contributed by atoms with Crippen molar-refractivity contribution < 1.29 is 24.5 Å². The fraction of sp³-hybridized carbons (Fsp3) is 0.750. The molecule has 75 valence electrons. The maximum atomic E-state index is 10.6. The molecule has 2 atom stereocenters. The summed E-state index contributed by atoms with van der Waals surface area (Å²) in [6, 6.07) is 0. The van der Waals surface area contributed by atoms with Gasteiger partial charge >= 0.3 is 0 Å². The van der Waals surface area contributed by atoms with Crippen LogP contribution in [0.5, 0.6) is 0 Å². The molecule has 2 unspecified atom stereocenters. The summed E-state index contributed by atoms with van der Waals surface area (Å²) in [4.78, 5) is 20.8. The van der Waals surface area contributed by atoms with Gasteiger partial charge in [-0.15, -0.1) is 0 Å². The maximum absolute atomic E-state index is 10.6. The minimum Gasteiger partial charge on any atom is -0.394 e. The minimum absolute atomic E-state index is 0.0539. The molecule has 5 heteroatoms. The molecule has 0 aromatic carbocycles. The third-order valence-electron chi connectivity index (χ3n) is 1.30. The maximum Gasteiger partial charge on any atom is 0.230 e. The van der Waals surface area contributed by atoms with E-state index in [0.717, 1.165) is 0 Å². The summed E-state index contributed by atoms with van der Waals surface area (Å²) in [5.41, 5.74) is 0. The highest BCUT2D eigenvalue weighted by Crippen LogP contribution is 1.97. The summed E-state index contributed by atoms with van der Waals surface area (Å²) >= 11 is 0. The van der Waals surface area contributed by atoms with Crippen LogP contribution in [0.2, 0.25) is 0 Å². The molecule has 2 N–H and O–H groups in total. The minimum atomic E-state index is -1.03. The fourth-order valence-corrected chi connectivity index (χ4v) is 0.676. The van der Waals surface area contributed by atoms with Gasteiger partial charge in [-0.05, 0) is 6.92 Å². The second kappa shape index (κ2) is 6.71. The van der Waals surface area contributed by atoms with E-state index in [0.29, 0.717) is 0 Å². The van der Waals surface area contributed by atoms with Crippen molar-refractivity contribution in [2.45, 2.75) is 25.6 Å². The van der Waals surface area contributed by atoms with Gasteiger partial charge in [-0.25, -0.2) is 0 Å². The molecular weight excluding hydrogens is 176 g/mol. The number of ether oxygens (including phenoxy) is 1. The molecule has 0 bridgehead atoms. The summed E-state index contributed by atoms with van der Waals surface area (Å²) in [6.45, 7) is 0.714. The molecule has 1 radical (unpaired) electrons. The molecule has 0 saturated carbocycles. The van der Waals surface area contributed by atoms with Gasteiger partial charge in [0, 0.05) is 6.42 Å². The molecule has 0 aliphatic heterocycles. The molecule has 0 amide bonds. The lowest BCUT2D eigenvalue weighted by atomic mass is 10.2. The van der Waals surface area contributed by atoms with E-state index in [1.54, 1.807) is 0 Å². The first-order chi connectivity index (χ1) is 6.10. The van der Waals surface area contributed by atoms with Gasteiger partial charge in [0.15, 0.2) is 0 Å². The molecule has 0 aromatic rings. The molecular formula is C8H13O5. The number of ketones is 1. The summed E-state index contributed by atoms with van der Waals surface area (Å²) in [6.07, 6.45) is -0.498. The highest BCUT2D eigenvalue weighted by atomic mass is 16.5. The first-order valence-corrected chi connectivity index (χ1v) is 3.87. The van der Waals surface area contributed by atoms with Gasteiger partial charge in [0.2, 0.25) is 6.29 Å². The second-order valence-corrected chi connectivity index (χ2v) is 2.68. The van der Waals surface area contributed by atoms with Crippen LogP contribution in [0.25, 0.3) is 0 Å². The van der Waals surface area contributed by atoms with Gasteiger partial charge < -0.3 is 14.9 Å². The summed E-state index contributed by atoms with van der Waals surface area (Å²) in [7, 11) is 0. The molecule has 0 rings (SSSR count). The zero-order valence-corrected chi connectivity index (χ0v) is 7.40. The van der Waals surface area contributed by atoms with Gasteiger partial charge in [-0.2, -0.15) is 0 Å². The van der Waals surface area contributed by atoms with E-state index in [-0.39, 0.29) is 18.8 Å². The Hall–Kier alpha value is -0.780. The number of aliphatic hydroxyl groups excluding tert-OH is 2. The van der Waals surface area contributed by atoms with Crippen LogP contribution >= 0.6 is 0 Å². The van der Waals surface area contributed by atoms with Crippen LogP contribution in [-0.2, 0) is 14.3 Å². The van der Waals surface area contributed by atoms with E-state index in [1.807, 2.05) is 0 Å². The highest BCUT2D eigenvalue weighted by molar-refractivity contribution is 5.79. The largest absolute Gasteiger partial charge is 0.394 e. The van der Waals surface area contributed by atoms with Crippen molar-refractivity contribution >= 4 is 12.1 Å². The van der Waals surface area contributed by atoms with E-state index in [9.17, 15) is 9.59 Å². The summed E-state index contributed by atoms with van der Waals surface area (Å²) < 4.78 is 4.80. The zero-order chi connectivity index (χ0) is 10.3. The van der Waals surface area contributed by atoms with E-state index in [2.05, 4.69) is 0 Å². The van der Waals surface area contributed by atoms with Gasteiger partial charge in [0.1, 0.15) is 18.0 Å². The van der Waals surface area contributed by atoms with Gasteiger partial charge in [-0.1, -0.05) is 0 Å². The Morgan fingerprint density at radius 1 is 1.62 bits per heavy atom.